The Morgan fingerprint density at radius 1 is 0.824 bits per heavy atom. The average Bonchev–Trinajstić information content (AvgIpc) is 2.30. The Kier molecular flexibility index (Phi) is 9.30. The summed E-state index contributed by atoms with van der Waals surface area (Å²) in [5.41, 5.74) is 0.845. The van der Waals surface area contributed by atoms with Gasteiger partial charge in [0.15, 0.2) is 0 Å². The van der Waals surface area contributed by atoms with E-state index in [9.17, 15) is 4.79 Å². The summed E-state index contributed by atoms with van der Waals surface area (Å²) in [5.74, 6) is -0.147. The van der Waals surface area contributed by atoms with E-state index >= 15 is 0 Å². The standard InChI is InChI=1S/C11H8N2O.2CH3.Pt/c14-11(9-5-1-3-7-12-9)10-6-2-4-8-13-10;;;/h1-8H;2*1H3;/q;2*-1;+2. The van der Waals surface area contributed by atoms with Crippen molar-refractivity contribution >= 4 is 5.78 Å². The summed E-state index contributed by atoms with van der Waals surface area (Å²) >= 11 is 0. The van der Waals surface area contributed by atoms with Crippen LogP contribution in [0.25, 0.3) is 0 Å². The molecule has 0 aliphatic heterocycles. The molecule has 3 nitrogen and oxygen atoms in total. The predicted molar refractivity (Wildman–Crippen MR) is 64.7 cm³/mol. The number of hydrogen-bond donors (Lipinski definition) is 0. The summed E-state index contributed by atoms with van der Waals surface area (Å²) < 4.78 is 0. The number of rotatable bonds is 2. The molecule has 0 saturated heterocycles. The molecule has 0 unspecified atom stereocenters. The van der Waals surface area contributed by atoms with Gasteiger partial charge in [-0.1, -0.05) is 12.1 Å². The monoisotopic (exact) mass is 409 g/mol. The zero-order valence-corrected chi connectivity index (χ0v) is 12.0. The van der Waals surface area contributed by atoms with Crippen LogP contribution in [0, 0.1) is 14.9 Å². The van der Waals surface area contributed by atoms with E-state index in [0.29, 0.717) is 11.4 Å². The molecule has 0 spiro atoms. The van der Waals surface area contributed by atoms with E-state index in [1.807, 2.05) is 0 Å². The summed E-state index contributed by atoms with van der Waals surface area (Å²) in [6, 6.07) is 10.5. The molecule has 0 atom stereocenters. The molecule has 2 rings (SSSR count). The predicted octanol–water partition coefficient (Wildman–Crippen LogP) is 2.61. The third kappa shape index (κ3) is 4.57. The second kappa shape index (κ2) is 8.77. The molecule has 2 aromatic rings. The maximum Gasteiger partial charge on any atom is 2.00 e. The minimum atomic E-state index is -0.147. The van der Waals surface area contributed by atoms with E-state index in [2.05, 4.69) is 9.97 Å². The van der Waals surface area contributed by atoms with Crippen LogP contribution in [0.1, 0.15) is 16.2 Å². The van der Waals surface area contributed by atoms with Gasteiger partial charge < -0.3 is 14.9 Å². The molecule has 2 heterocycles. The normalized spacial score (nSPS) is 8.00. The molecule has 92 valence electrons. The van der Waals surface area contributed by atoms with E-state index in [0.717, 1.165) is 0 Å². The SMILES string of the molecule is O=C(c1ccccn1)c1ccccn1.[CH3-].[CH3-].[Pt+2]. The Morgan fingerprint density at radius 2 is 1.24 bits per heavy atom. The van der Waals surface area contributed by atoms with Crippen LogP contribution < -0.4 is 0 Å². The first-order chi connectivity index (χ1) is 6.88. The summed E-state index contributed by atoms with van der Waals surface area (Å²) in [6.45, 7) is 0. The van der Waals surface area contributed by atoms with Crippen molar-refractivity contribution in [2.24, 2.45) is 0 Å². The number of hydrogen-bond acceptors (Lipinski definition) is 3. The Labute approximate surface area is 117 Å². The quantitative estimate of drug-likeness (QED) is 0.566. The van der Waals surface area contributed by atoms with Gasteiger partial charge in [-0.3, -0.25) is 14.8 Å². The van der Waals surface area contributed by atoms with Crippen molar-refractivity contribution in [2.45, 2.75) is 0 Å². The fraction of sp³-hybridized carbons (Fsp3) is 0. The number of ketones is 1. The van der Waals surface area contributed by atoms with Crippen LogP contribution in [0.2, 0.25) is 0 Å². The maximum atomic E-state index is 11.7. The Balaban J connectivity index is 0. The second-order valence-corrected chi connectivity index (χ2v) is 2.76. The van der Waals surface area contributed by atoms with Crippen LogP contribution in [-0.4, -0.2) is 15.8 Å². The van der Waals surface area contributed by atoms with E-state index in [1.54, 1.807) is 48.8 Å². The number of aromatic nitrogens is 2. The van der Waals surface area contributed by atoms with Gasteiger partial charge in [0, 0.05) is 12.4 Å². The molecule has 0 aliphatic carbocycles. The van der Waals surface area contributed by atoms with Crippen LogP contribution in [0.5, 0.6) is 0 Å². The molecule has 0 aliphatic rings. The van der Waals surface area contributed by atoms with Crippen molar-refractivity contribution in [1.29, 1.82) is 0 Å². The molecule has 4 heteroatoms. The van der Waals surface area contributed by atoms with Gasteiger partial charge in [-0.25, -0.2) is 0 Å². The first-order valence-corrected chi connectivity index (χ1v) is 4.25. The molecular formula is C13H14N2OPt. The molecule has 0 saturated carbocycles. The van der Waals surface area contributed by atoms with Gasteiger partial charge in [0.25, 0.3) is 0 Å². The van der Waals surface area contributed by atoms with Gasteiger partial charge in [-0.05, 0) is 24.3 Å². The van der Waals surface area contributed by atoms with Crippen molar-refractivity contribution < 1.29 is 25.9 Å². The first kappa shape index (κ1) is 18.0. The Morgan fingerprint density at radius 3 is 1.53 bits per heavy atom. The van der Waals surface area contributed by atoms with Crippen LogP contribution in [0.4, 0.5) is 0 Å². The molecule has 17 heavy (non-hydrogen) atoms. The van der Waals surface area contributed by atoms with E-state index in [-0.39, 0.29) is 41.7 Å². The third-order valence-corrected chi connectivity index (χ3v) is 1.80. The fourth-order valence-electron chi connectivity index (χ4n) is 1.13. The van der Waals surface area contributed by atoms with Gasteiger partial charge in [0.2, 0.25) is 5.78 Å². The Hall–Kier alpha value is -1.34. The van der Waals surface area contributed by atoms with E-state index in [1.165, 1.54) is 0 Å². The molecule has 0 radical (unpaired) electrons. The molecule has 2 aromatic heterocycles. The number of nitrogens with zero attached hydrogens (tertiary/aromatic N) is 2. The van der Waals surface area contributed by atoms with Crippen LogP contribution in [0.3, 0.4) is 0 Å². The third-order valence-electron chi connectivity index (χ3n) is 1.80. The van der Waals surface area contributed by atoms with Crippen LogP contribution in [0.15, 0.2) is 48.8 Å². The fourth-order valence-corrected chi connectivity index (χ4v) is 1.13. The van der Waals surface area contributed by atoms with Gasteiger partial charge in [-0.2, -0.15) is 0 Å². The minimum Gasteiger partial charge on any atom is -0.358 e. The van der Waals surface area contributed by atoms with Crippen LogP contribution in [-0.2, 0) is 21.1 Å². The molecule has 0 N–H and O–H groups in total. The molecule has 0 fully saturated rings. The smallest absolute Gasteiger partial charge is 0.358 e. The van der Waals surface area contributed by atoms with Gasteiger partial charge >= 0.3 is 21.1 Å². The van der Waals surface area contributed by atoms with Gasteiger partial charge in [-0.15, -0.1) is 0 Å². The topological polar surface area (TPSA) is 42.9 Å². The zero-order chi connectivity index (χ0) is 9.80. The van der Waals surface area contributed by atoms with E-state index < -0.39 is 0 Å². The van der Waals surface area contributed by atoms with Gasteiger partial charge in [0.05, 0.1) is 0 Å². The molecule has 0 bridgehead atoms. The second-order valence-electron chi connectivity index (χ2n) is 2.76. The van der Waals surface area contributed by atoms with E-state index in [4.69, 9.17) is 0 Å². The van der Waals surface area contributed by atoms with Crippen molar-refractivity contribution in [3.63, 3.8) is 0 Å². The maximum absolute atomic E-state index is 11.7. The van der Waals surface area contributed by atoms with Crippen molar-refractivity contribution in [3.05, 3.63) is 75.0 Å². The summed E-state index contributed by atoms with van der Waals surface area (Å²) in [5, 5.41) is 0. The summed E-state index contributed by atoms with van der Waals surface area (Å²) in [4.78, 5) is 19.7. The Bertz CT molecular complexity index is 390. The first-order valence-electron chi connectivity index (χ1n) is 4.25. The van der Waals surface area contributed by atoms with Crippen molar-refractivity contribution in [1.82, 2.24) is 9.97 Å². The van der Waals surface area contributed by atoms with Gasteiger partial charge in [0.1, 0.15) is 11.4 Å². The van der Waals surface area contributed by atoms with Crippen LogP contribution >= 0.6 is 0 Å². The summed E-state index contributed by atoms with van der Waals surface area (Å²) in [6.07, 6.45) is 3.19. The summed E-state index contributed by atoms with van der Waals surface area (Å²) in [7, 11) is 0. The van der Waals surface area contributed by atoms with Crippen molar-refractivity contribution in [2.75, 3.05) is 0 Å². The average molecular weight is 409 g/mol. The number of carbonyl (C=O) groups is 1. The minimum absolute atomic E-state index is 0. The molecule has 0 aromatic carbocycles. The van der Waals surface area contributed by atoms with Crippen molar-refractivity contribution in [3.8, 4) is 0 Å². The number of carbonyl (C=O) groups excluding carboxylic acids is 1. The largest absolute Gasteiger partial charge is 2.00 e. The zero-order valence-electron chi connectivity index (χ0n) is 9.74. The number of pyridine rings is 2. The molecule has 0 amide bonds. The molecular weight excluding hydrogens is 395 g/mol.